The number of nitrogens with one attached hydrogen (secondary N) is 1. The van der Waals surface area contributed by atoms with Crippen molar-refractivity contribution in [3.63, 3.8) is 0 Å². The third-order valence-electron chi connectivity index (χ3n) is 3.98. The molecule has 1 aromatic carbocycles. The van der Waals surface area contributed by atoms with Gasteiger partial charge in [-0.2, -0.15) is 0 Å². The molecule has 1 amide bonds. The van der Waals surface area contributed by atoms with Crippen molar-refractivity contribution in [2.75, 3.05) is 5.73 Å². The second-order valence-electron chi connectivity index (χ2n) is 6.64. The number of imidazole rings is 1. The third-order valence-corrected chi connectivity index (χ3v) is 3.98. The first kappa shape index (κ1) is 17.7. The van der Waals surface area contributed by atoms with Gasteiger partial charge >= 0.3 is 0 Å². The fourth-order valence-corrected chi connectivity index (χ4v) is 2.76. The van der Waals surface area contributed by atoms with E-state index in [2.05, 4.69) is 33.7 Å². The van der Waals surface area contributed by atoms with Gasteiger partial charge in [0.25, 0.3) is 5.91 Å². The third kappa shape index (κ3) is 4.27. The molecular formula is C20H23N5O. The van der Waals surface area contributed by atoms with Crippen LogP contribution in [0.3, 0.4) is 0 Å². The van der Waals surface area contributed by atoms with Crippen molar-refractivity contribution in [3.8, 4) is 11.3 Å². The first-order chi connectivity index (χ1) is 12.5. The molecule has 6 nitrogen and oxygen atoms in total. The quantitative estimate of drug-likeness (QED) is 0.716. The van der Waals surface area contributed by atoms with Crippen LogP contribution in [-0.4, -0.2) is 20.4 Å². The minimum absolute atomic E-state index is 0.131. The van der Waals surface area contributed by atoms with Crippen LogP contribution in [0, 0.1) is 5.92 Å². The number of hydrogen-bond acceptors (Lipinski definition) is 4. The number of pyridine rings is 1. The van der Waals surface area contributed by atoms with E-state index >= 15 is 0 Å². The monoisotopic (exact) mass is 349 g/mol. The van der Waals surface area contributed by atoms with Crippen molar-refractivity contribution in [1.29, 1.82) is 0 Å². The highest BCUT2D eigenvalue weighted by Gasteiger charge is 2.10. The van der Waals surface area contributed by atoms with Crippen molar-refractivity contribution in [2.24, 2.45) is 5.92 Å². The Morgan fingerprint density at radius 2 is 2.04 bits per heavy atom. The molecule has 134 valence electrons. The summed E-state index contributed by atoms with van der Waals surface area (Å²) in [5.41, 5.74) is 8.92. The second-order valence-corrected chi connectivity index (χ2v) is 6.64. The number of benzene rings is 1. The number of aromatic nitrogens is 3. The summed E-state index contributed by atoms with van der Waals surface area (Å²) in [5, 5.41) is 2.96. The number of nitrogens with two attached hydrogens (primary N) is 1. The summed E-state index contributed by atoms with van der Waals surface area (Å²) < 4.78 is 2.07. The molecule has 0 radical (unpaired) electrons. The van der Waals surface area contributed by atoms with Gasteiger partial charge in [-0.3, -0.25) is 4.79 Å². The van der Waals surface area contributed by atoms with E-state index in [1.54, 1.807) is 24.7 Å². The lowest BCUT2D eigenvalue weighted by atomic mass is 10.1. The predicted octanol–water partition coefficient (Wildman–Crippen LogP) is 3.11. The van der Waals surface area contributed by atoms with Gasteiger partial charge < -0.3 is 15.6 Å². The van der Waals surface area contributed by atoms with Crippen LogP contribution in [-0.2, 0) is 13.1 Å². The summed E-state index contributed by atoms with van der Waals surface area (Å²) in [5.74, 6) is 0.838. The molecule has 2 heterocycles. The summed E-state index contributed by atoms with van der Waals surface area (Å²) >= 11 is 0. The summed E-state index contributed by atoms with van der Waals surface area (Å²) in [6, 6.07) is 12.8. The van der Waals surface area contributed by atoms with Crippen molar-refractivity contribution in [1.82, 2.24) is 19.9 Å². The molecule has 0 saturated carbocycles. The maximum absolute atomic E-state index is 12.5. The van der Waals surface area contributed by atoms with E-state index in [1.807, 2.05) is 30.3 Å². The number of nitrogen functional groups attached to an aromatic ring is 1. The molecule has 3 rings (SSSR count). The molecule has 0 aliphatic heterocycles. The van der Waals surface area contributed by atoms with Gasteiger partial charge in [-0.15, -0.1) is 0 Å². The number of carbonyl (C=O) groups is 1. The van der Waals surface area contributed by atoms with E-state index in [0.717, 1.165) is 23.5 Å². The summed E-state index contributed by atoms with van der Waals surface area (Å²) in [6.45, 7) is 5.62. The molecule has 6 heteroatoms. The topological polar surface area (TPSA) is 85.8 Å². The molecule has 0 saturated heterocycles. The number of hydrogen-bond donors (Lipinski definition) is 2. The van der Waals surface area contributed by atoms with E-state index in [9.17, 15) is 4.79 Å². The van der Waals surface area contributed by atoms with Gasteiger partial charge in [0.1, 0.15) is 5.82 Å². The van der Waals surface area contributed by atoms with E-state index in [1.165, 1.54) is 0 Å². The molecule has 0 fully saturated rings. The highest BCUT2D eigenvalue weighted by Crippen LogP contribution is 2.19. The summed E-state index contributed by atoms with van der Waals surface area (Å²) in [6.07, 6.45) is 3.59. The lowest BCUT2D eigenvalue weighted by Gasteiger charge is -2.11. The van der Waals surface area contributed by atoms with Crippen LogP contribution in [0.1, 0.15) is 29.9 Å². The Balaban J connectivity index is 1.71. The molecule has 0 atom stereocenters. The van der Waals surface area contributed by atoms with E-state index in [-0.39, 0.29) is 5.91 Å². The Bertz CT molecular complexity index is 900. The normalized spacial score (nSPS) is 10.9. The van der Waals surface area contributed by atoms with Gasteiger partial charge in [0, 0.05) is 23.9 Å². The van der Waals surface area contributed by atoms with Crippen molar-refractivity contribution in [3.05, 3.63) is 66.2 Å². The van der Waals surface area contributed by atoms with E-state index in [4.69, 9.17) is 5.73 Å². The molecule has 0 aliphatic carbocycles. The average molecular weight is 349 g/mol. The Labute approximate surface area is 153 Å². The molecule has 0 aliphatic rings. The van der Waals surface area contributed by atoms with Crippen molar-refractivity contribution >= 4 is 11.7 Å². The zero-order valence-corrected chi connectivity index (χ0v) is 15.0. The fourth-order valence-electron chi connectivity index (χ4n) is 2.76. The Morgan fingerprint density at radius 1 is 1.23 bits per heavy atom. The molecule has 3 N–H and O–H groups in total. The molecule has 26 heavy (non-hydrogen) atoms. The maximum atomic E-state index is 12.5. The van der Waals surface area contributed by atoms with Gasteiger partial charge in [0.2, 0.25) is 0 Å². The zero-order chi connectivity index (χ0) is 18.5. The SMILES string of the molecule is CC(C)Cn1cncc1CNC(=O)c1cccc(-c2cccc(N)n2)c1. The van der Waals surface area contributed by atoms with Gasteiger partial charge in [-0.05, 0) is 30.2 Å². The fraction of sp³-hybridized carbons (Fsp3) is 0.250. The van der Waals surface area contributed by atoms with Gasteiger partial charge in [0.15, 0.2) is 0 Å². The summed E-state index contributed by atoms with van der Waals surface area (Å²) in [7, 11) is 0. The standard InChI is InChI=1S/C20H23N5O/c1-14(2)12-25-13-22-10-17(25)11-23-20(26)16-6-3-5-15(9-16)18-7-4-8-19(21)24-18/h3-10,13-14H,11-12H2,1-2H3,(H2,21,24)(H,23,26). The molecule has 0 spiro atoms. The lowest BCUT2D eigenvalue weighted by molar-refractivity contribution is 0.0950. The van der Waals surface area contributed by atoms with Crippen molar-refractivity contribution in [2.45, 2.75) is 26.9 Å². The number of amides is 1. The number of nitrogens with zero attached hydrogens (tertiary/aromatic N) is 3. The average Bonchev–Trinajstić information content (AvgIpc) is 3.06. The highest BCUT2D eigenvalue weighted by molar-refractivity contribution is 5.95. The first-order valence-corrected chi connectivity index (χ1v) is 8.63. The minimum Gasteiger partial charge on any atom is -0.384 e. The van der Waals surface area contributed by atoms with Crippen LogP contribution in [0.2, 0.25) is 0 Å². The Hall–Kier alpha value is -3.15. The Kier molecular flexibility index (Phi) is 5.31. The number of carbonyl (C=O) groups excluding carboxylic acids is 1. The largest absolute Gasteiger partial charge is 0.384 e. The molecule has 2 aromatic heterocycles. The molecule has 0 unspecified atom stereocenters. The lowest BCUT2D eigenvalue weighted by Crippen LogP contribution is -2.24. The van der Waals surface area contributed by atoms with Crippen LogP contribution in [0.15, 0.2) is 55.0 Å². The van der Waals surface area contributed by atoms with Gasteiger partial charge in [0.05, 0.1) is 24.3 Å². The van der Waals surface area contributed by atoms with Crippen LogP contribution < -0.4 is 11.1 Å². The smallest absolute Gasteiger partial charge is 0.251 e. The number of anilines is 1. The number of rotatable bonds is 6. The predicted molar refractivity (Wildman–Crippen MR) is 102 cm³/mol. The Morgan fingerprint density at radius 3 is 2.81 bits per heavy atom. The van der Waals surface area contributed by atoms with Crippen LogP contribution in [0.4, 0.5) is 5.82 Å². The van der Waals surface area contributed by atoms with Gasteiger partial charge in [-0.25, -0.2) is 9.97 Å². The second kappa shape index (κ2) is 7.82. The first-order valence-electron chi connectivity index (χ1n) is 8.63. The van der Waals surface area contributed by atoms with Crippen molar-refractivity contribution < 1.29 is 4.79 Å². The van der Waals surface area contributed by atoms with Crippen LogP contribution in [0.5, 0.6) is 0 Å². The van der Waals surface area contributed by atoms with E-state index in [0.29, 0.717) is 23.8 Å². The van der Waals surface area contributed by atoms with Gasteiger partial charge in [-0.1, -0.05) is 32.0 Å². The van der Waals surface area contributed by atoms with Crippen LogP contribution in [0.25, 0.3) is 11.3 Å². The highest BCUT2D eigenvalue weighted by atomic mass is 16.1. The molecule has 0 bridgehead atoms. The maximum Gasteiger partial charge on any atom is 0.251 e. The molecule has 3 aromatic rings. The van der Waals surface area contributed by atoms with E-state index < -0.39 is 0 Å². The molecular weight excluding hydrogens is 326 g/mol. The summed E-state index contributed by atoms with van der Waals surface area (Å²) in [4.78, 5) is 21.0. The minimum atomic E-state index is -0.131. The van der Waals surface area contributed by atoms with Crippen LogP contribution >= 0.6 is 0 Å². The zero-order valence-electron chi connectivity index (χ0n) is 15.0.